The normalized spacial score (nSPS) is 43.0. The minimum absolute atomic E-state index is 0.0758. The Morgan fingerprint density at radius 2 is 2.05 bits per heavy atom. The van der Waals surface area contributed by atoms with Crippen LogP contribution in [0.4, 0.5) is 0 Å². The molecule has 2 heteroatoms. The van der Waals surface area contributed by atoms with Crippen molar-refractivity contribution in [1.82, 2.24) is 0 Å². The third kappa shape index (κ3) is 1.64. The third-order valence-electron chi connectivity index (χ3n) is 5.82. The van der Waals surface area contributed by atoms with E-state index < -0.39 is 0 Å². The van der Waals surface area contributed by atoms with E-state index in [1.807, 2.05) is 20.8 Å². The molecule has 0 N–H and O–H groups in total. The first-order valence-corrected chi connectivity index (χ1v) is 7.88. The molecule has 19 heavy (non-hydrogen) atoms. The quantitative estimate of drug-likeness (QED) is 0.530. The van der Waals surface area contributed by atoms with Gasteiger partial charge in [-0.25, -0.2) is 0 Å². The molecular formula is C17H24O2. The summed E-state index contributed by atoms with van der Waals surface area (Å²) in [6.45, 7) is 5.93. The zero-order valence-electron chi connectivity index (χ0n) is 12.2. The van der Waals surface area contributed by atoms with Crippen LogP contribution in [-0.4, -0.2) is 11.6 Å². The zero-order valence-corrected chi connectivity index (χ0v) is 12.2. The lowest BCUT2D eigenvalue weighted by Gasteiger charge is -2.34. The summed E-state index contributed by atoms with van der Waals surface area (Å²) in [5.74, 6) is 3.25. The van der Waals surface area contributed by atoms with Crippen molar-refractivity contribution in [2.45, 2.75) is 58.5 Å². The Labute approximate surface area is 115 Å². The predicted octanol–water partition coefficient (Wildman–Crippen LogP) is 3.71. The van der Waals surface area contributed by atoms with Gasteiger partial charge in [0.1, 0.15) is 5.60 Å². The van der Waals surface area contributed by atoms with Gasteiger partial charge >= 0.3 is 5.97 Å². The molecule has 0 radical (unpaired) electrons. The first kappa shape index (κ1) is 12.0. The van der Waals surface area contributed by atoms with E-state index in [0.717, 1.165) is 24.2 Å². The Morgan fingerprint density at radius 3 is 2.79 bits per heavy atom. The van der Waals surface area contributed by atoms with Crippen LogP contribution in [0.25, 0.3) is 0 Å². The molecule has 4 aliphatic carbocycles. The Bertz CT molecular complexity index is 468. The average molecular weight is 260 g/mol. The highest BCUT2D eigenvalue weighted by Crippen LogP contribution is 2.66. The van der Waals surface area contributed by atoms with Gasteiger partial charge in [0.25, 0.3) is 0 Å². The van der Waals surface area contributed by atoms with E-state index in [4.69, 9.17) is 4.74 Å². The van der Waals surface area contributed by atoms with Crippen LogP contribution in [0.3, 0.4) is 0 Å². The van der Waals surface area contributed by atoms with Crippen LogP contribution < -0.4 is 0 Å². The van der Waals surface area contributed by atoms with Gasteiger partial charge in [-0.15, -0.1) is 0 Å². The zero-order chi connectivity index (χ0) is 13.4. The molecular weight excluding hydrogens is 236 g/mol. The summed E-state index contributed by atoms with van der Waals surface area (Å²) >= 11 is 0. The van der Waals surface area contributed by atoms with Gasteiger partial charge in [-0.2, -0.15) is 0 Å². The van der Waals surface area contributed by atoms with E-state index in [-0.39, 0.29) is 17.5 Å². The Hall–Kier alpha value is -0.790. The van der Waals surface area contributed by atoms with Crippen LogP contribution in [0.15, 0.2) is 11.1 Å². The van der Waals surface area contributed by atoms with E-state index in [1.165, 1.54) is 25.7 Å². The minimum Gasteiger partial charge on any atom is -0.460 e. The van der Waals surface area contributed by atoms with Crippen LogP contribution in [-0.2, 0) is 9.53 Å². The van der Waals surface area contributed by atoms with Gasteiger partial charge in [-0.3, -0.25) is 4.79 Å². The molecule has 3 saturated carbocycles. The number of ether oxygens (including phenoxy) is 1. The monoisotopic (exact) mass is 260 g/mol. The van der Waals surface area contributed by atoms with Gasteiger partial charge in [0.15, 0.2) is 0 Å². The molecule has 4 bridgehead atoms. The van der Waals surface area contributed by atoms with Crippen molar-refractivity contribution >= 4 is 5.97 Å². The van der Waals surface area contributed by atoms with Crippen molar-refractivity contribution in [1.29, 1.82) is 0 Å². The summed E-state index contributed by atoms with van der Waals surface area (Å²) in [5, 5.41) is 0. The molecule has 0 heterocycles. The van der Waals surface area contributed by atoms with Gasteiger partial charge in [0.2, 0.25) is 0 Å². The highest BCUT2D eigenvalue weighted by atomic mass is 16.6. The second-order valence-corrected chi connectivity index (χ2v) is 8.06. The second-order valence-electron chi connectivity index (χ2n) is 8.06. The lowest BCUT2D eigenvalue weighted by atomic mass is 9.72. The van der Waals surface area contributed by atoms with Crippen molar-refractivity contribution in [3.63, 3.8) is 0 Å². The highest BCUT2D eigenvalue weighted by molar-refractivity contribution is 5.74. The Morgan fingerprint density at radius 1 is 1.26 bits per heavy atom. The van der Waals surface area contributed by atoms with E-state index >= 15 is 0 Å². The van der Waals surface area contributed by atoms with Crippen molar-refractivity contribution in [2.24, 2.45) is 29.6 Å². The van der Waals surface area contributed by atoms with Crippen molar-refractivity contribution in [2.75, 3.05) is 0 Å². The molecule has 0 spiro atoms. The van der Waals surface area contributed by atoms with E-state index in [2.05, 4.69) is 0 Å². The van der Waals surface area contributed by atoms with Gasteiger partial charge in [-0.05, 0) is 76.5 Å². The summed E-state index contributed by atoms with van der Waals surface area (Å²) < 4.78 is 5.65. The number of fused-ring (bicyclic) bond motifs is 8. The van der Waals surface area contributed by atoms with Crippen LogP contribution in [0.1, 0.15) is 52.9 Å². The molecule has 5 unspecified atom stereocenters. The average Bonchev–Trinajstić information content (AvgIpc) is 3.04. The molecule has 5 atom stereocenters. The van der Waals surface area contributed by atoms with Crippen molar-refractivity contribution < 1.29 is 9.53 Å². The number of esters is 1. The number of allylic oxidation sites excluding steroid dienone is 2. The highest BCUT2D eigenvalue weighted by Gasteiger charge is 2.58. The number of carbonyl (C=O) groups excluding carboxylic acids is 1. The summed E-state index contributed by atoms with van der Waals surface area (Å²) in [6, 6.07) is 0. The third-order valence-corrected chi connectivity index (χ3v) is 5.82. The molecule has 0 aliphatic heterocycles. The summed E-state index contributed by atoms with van der Waals surface area (Å²) in [7, 11) is 0. The molecule has 0 aromatic carbocycles. The molecule has 4 aliphatic rings. The lowest BCUT2D eigenvalue weighted by Crippen LogP contribution is -2.35. The molecule has 2 nitrogen and oxygen atoms in total. The van der Waals surface area contributed by atoms with Gasteiger partial charge < -0.3 is 4.74 Å². The maximum absolute atomic E-state index is 12.4. The minimum atomic E-state index is -0.338. The molecule has 0 saturated heterocycles. The van der Waals surface area contributed by atoms with E-state index in [0.29, 0.717) is 5.92 Å². The number of hydrogen-bond donors (Lipinski definition) is 0. The molecule has 4 rings (SSSR count). The van der Waals surface area contributed by atoms with Crippen LogP contribution in [0.5, 0.6) is 0 Å². The number of hydrogen-bond acceptors (Lipinski definition) is 2. The summed E-state index contributed by atoms with van der Waals surface area (Å²) in [6.07, 6.45) is 6.43. The van der Waals surface area contributed by atoms with E-state index in [9.17, 15) is 4.79 Å². The fourth-order valence-electron chi connectivity index (χ4n) is 5.45. The number of rotatable bonds is 1. The van der Waals surface area contributed by atoms with Crippen molar-refractivity contribution in [3.8, 4) is 0 Å². The molecule has 0 amide bonds. The maximum Gasteiger partial charge on any atom is 0.309 e. The van der Waals surface area contributed by atoms with E-state index in [1.54, 1.807) is 11.1 Å². The van der Waals surface area contributed by atoms with Crippen LogP contribution in [0.2, 0.25) is 0 Å². The van der Waals surface area contributed by atoms with Crippen LogP contribution >= 0.6 is 0 Å². The van der Waals surface area contributed by atoms with Crippen molar-refractivity contribution in [3.05, 3.63) is 11.1 Å². The predicted molar refractivity (Wildman–Crippen MR) is 73.4 cm³/mol. The molecule has 0 aromatic heterocycles. The fraction of sp³-hybridized carbons (Fsp3) is 0.824. The Kier molecular flexibility index (Phi) is 2.30. The van der Waals surface area contributed by atoms with Gasteiger partial charge in [0.05, 0.1) is 5.92 Å². The topological polar surface area (TPSA) is 26.3 Å². The maximum atomic E-state index is 12.4. The fourth-order valence-corrected chi connectivity index (χ4v) is 5.45. The molecule has 104 valence electrons. The van der Waals surface area contributed by atoms with Crippen LogP contribution in [0, 0.1) is 29.6 Å². The summed E-state index contributed by atoms with van der Waals surface area (Å²) in [5.41, 5.74) is 3.25. The first-order valence-electron chi connectivity index (χ1n) is 7.88. The number of carbonyl (C=O) groups is 1. The summed E-state index contributed by atoms with van der Waals surface area (Å²) in [4.78, 5) is 12.4. The largest absolute Gasteiger partial charge is 0.460 e. The second kappa shape index (κ2) is 3.65. The molecule has 0 aromatic rings. The Balaban J connectivity index is 1.56. The smallest absolute Gasteiger partial charge is 0.309 e. The lowest BCUT2D eigenvalue weighted by molar-refractivity contribution is -0.162. The van der Waals surface area contributed by atoms with Gasteiger partial charge in [0, 0.05) is 0 Å². The van der Waals surface area contributed by atoms with Gasteiger partial charge in [-0.1, -0.05) is 11.1 Å². The molecule has 3 fully saturated rings. The standard InChI is InChI=1S/C17H24O2/c1-17(2,3)19-16(18)13-8-11-7-12(13)15-10-5-4-9(6-10)14(11)15/h10-13,15H,4-8H2,1-3H3. The first-order chi connectivity index (χ1) is 8.94. The SMILES string of the molecule is CC(C)(C)OC(=O)C1CC2CC1C1C2=C2CCC1C2.